The topological polar surface area (TPSA) is 84.8 Å². The molecule has 2 aromatic rings. The van der Waals surface area contributed by atoms with Gasteiger partial charge in [0.15, 0.2) is 11.1 Å². The second-order valence-corrected chi connectivity index (χ2v) is 4.47. The molecule has 6 nitrogen and oxygen atoms in total. The van der Waals surface area contributed by atoms with Crippen molar-refractivity contribution >= 4 is 17.6 Å². The fourth-order valence-electron chi connectivity index (χ4n) is 1.43. The van der Waals surface area contributed by atoms with E-state index in [1.54, 1.807) is 0 Å². The monoisotopic (exact) mass is 260 g/mol. The Balaban J connectivity index is 2.45. The summed E-state index contributed by atoms with van der Waals surface area (Å²) in [6, 6.07) is 11.0. The molecule has 1 heterocycles. The van der Waals surface area contributed by atoms with Gasteiger partial charge in [-0.3, -0.25) is 0 Å². The van der Waals surface area contributed by atoms with Crippen molar-refractivity contribution < 1.29 is 4.92 Å². The van der Waals surface area contributed by atoms with Gasteiger partial charge in [-0.1, -0.05) is 30.0 Å². The molecule has 0 aliphatic carbocycles. The zero-order valence-corrected chi connectivity index (χ0v) is 10.2. The first-order valence-electron chi connectivity index (χ1n) is 4.97. The van der Waals surface area contributed by atoms with Crippen LogP contribution in [0.1, 0.15) is 5.82 Å². The predicted molar refractivity (Wildman–Crippen MR) is 65.1 cm³/mol. The van der Waals surface area contributed by atoms with E-state index in [4.69, 9.17) is 5.26 Å². The van der Waals surface area contributed by atoms with Crippen molar-refractivity contribution in [2.45, 2.75) is 9.92 Å². The van der Waals surface area contributed by atoms with Crippen molar-refractivity contribution in [3.63, 3.8) is 0 Å². The van der Waals surface area contributed by atoms with Crippen LogP contribution in [0.2, 0.25) is 0 Å². The Morgan fingerprint density at radius 1 is 1.44 bits per heavy atom. The number of hydrogen-bond donors (Lipinski definition) is 0. The smallest absolute Gasteiger partial charge is 0.357 e. The van der Waals surface area contributed by atoms with Crippen LogP contribution in [-0.2, 0) is 7.05 Å². The molecule has 0 saturated heterocycles. The summed E-state index contributed by atoms with van der Waals surface area (Å²) in [4.78, 5) is 15.3. The summed E-state index contributed by atoms with van der Waals surface area (Å²) in [7, 11) is 1.46. The Labute approximate surface area is 107 Å². The molecule has 0 spiro atoms. The van der Waals surface area contributed by atoms with E-state index in [1.165, 1.54) is 23.4 Å². The van der Waals surface area contributed by atoms with Crippen molar-refractivity contribution in [3.05, 3.63) is 46.3 Å². The fourth-order valence-corrected chi connectivity index (χ4v) is 2.39. The van der Waals surface area contributed by atoms with Gasteiger partial charge in [-0.05, 0) is 17.1 Å². The van der Waals surface area contributed by atoms with Gasteiger partial charge in [0, 0.05) is 4.90 Å². The first-order valence-corrected chi connectivity index (χ1v) is 5.79. The molecule has 90 valence electrons. The third-order valence-corrected chi connectivity index (χ3v) is 3.24. The molecule has 0 atom stereocenters. The normalized spacial score (nSPS) is 10.0. The summed E-state index contributed by atoms with van der Waals surface area (Å²) in [5.74, 6) is -0.138. The minimum Gasteiger partial charge on any atom is -0.358 e. The maximum Gasteiger partial charge on any atom is 0.357 e. The summed E-state index contributed by atoms with van der Waals surface area (Å²) in [6.45, 7) is 0. The molecule has 0 fully saturated rings. The highest BCUT2D eigenvalue weighted by Crippen LogP contribution is 2.33. The van der Waals surface area contributed by atoms with Crippen LogP contribution < -0.4 is 0 Å². The largest absolute Gasteiger partial charge is 0.358 e. The highest BCUT2D eigenvalue weighted by Gasteiger charge is 2.25. The van der Waals surface area contributed by atoms with E-state index in [-0.39, 0.29) is 16.7 Å². The van der Waals surface area contributed by atoms with E-state index in [9.17, 15) is 10.1 Å². The molecule has 2 rings (SSSR count). The summed E-state index contributed by atoms with van der Waals surface area (Å²) in [6.07, 6.45) is 0. The maximum absolute atomic E-state index is 11.0. The zero-order valence-electron chi connectivity index (χ0n) is 9.40. The Bertz CT molecular complexity index is 630. The third kappa shape index (κ3) is 2.19. The van der Waals surface area contributed by atoms with E-state index in [2.05, 4.69) is 4.98 Å². The minimum atomic E-state index is -0.529. The van der Waals surface area contributed by atoms with Gasteiger partial charge in [0.05, 0.1) is 7.05 Å². The summed E-state index contributed by atoms with van der Waals surface area (Å²) >= 11 is 1.17. The molecule has 18 heavy (non-hydrogen) atoms. The predicted octanol–water partition coefficient (Wildman–Crippen LogP) is 2.35. The number of benzene rings is 1. The molecular formula is C11H8N4O2S. The van der Waals surface area contributed by atoms with E-state index in [1.807, 2.05) is 36.4 Å². The molecule has 0 N–H and O–H groups in total. The van der Waals surface area contributed by atoms with E-state index < -0.39 is 4.92 Å². The number of nitriles is 1. The Hall–Kier alpha value is -2.33. The first kappa shape index (κ1) is 12.1. The van der Waals surface area contributed by atoms with Crippen LogP contribution in [0.4, 0.5) is 5.82 Å². The Kier molecular flexibility index (Phi) is 3.30. The average molecular weight is 260 g/mol. The quantitative estimate of drug-likeness (QED) is 0.624. The zero-order chi connectivity index (χ0) is 13.1. The van der Waals surface area contributed by atoms with E-state index in [0.29, 0.717) is 0 Å². The highest BCUT2D eigenvalue weighted by atomic mass is 32.2. The van der Waals surface area contributed by atoms with Crippen molar-refractivity contribution in [3.8, 4) is 6.07 Å². The number of nitro groups is 1. The van der Waals surface area contributed by atoms with Crippen LogP contribution in [0.3, 0.4) is 0 Å². The molecule has 0 radical (unpaired) electrons. The van der Waals surface area contributed by atoms with Crippen molar-refractivity contribution in [2.24, 2.45) is 7.05 Å². The van der Waals surface area contributed by atoms with Crippen molar-refractivity contribution in [2.75, 3.05) is 0 Å². The summed E-state index contributed by atoms with van der Waals surface area (Å²) in [5, 5.41) is 20.1. The number of nitrogens with zero attached hydrogens (tertiary/aromatic N) is 4. The number of aromatic nitrogens is 2. The van der Waals surface area contributed by atoms with Gasteiger partial charge in [0.25, 0.3) is 0 Å². The molecule has 0 saturated carbocycles. The van der Waals surface area contributed by atoms with Crippen LogP contribution in [0, 0.1) is 21.4 Å². The lowest BCUT2D eigenvalue weighted by atomic mass is 10.4. The van der Waals surface area contributed by atoms with Crippen molar-refractivity contribution in [1.82, 2.24) is 9.55 Å². The van der Waals surface area contributed by atoms with Crippen LogP contribution in [0.5, 0.6) is 0 Å². The molecular weight excluding hydrogens is 252 g/mol. The lowest BCUT2D eigenvalue weighted by molar-refractivity contribution is -0.394. The molecule has 7 heteroatoms. The van der Waals surface area contributed by atoms with Crippen LogP contribution >= 0.6 is 11.8 Å². The van der Waals surface area contributed by atoms with Crippen LogP contribution in [0.15, 0.2) is 40.3 Å². The molecule has 0 amide bonds. The van der Waals surface area contributed by atoms with Crippen LogP contribution in [-0.4, -0.2) is 14.5 Å². The van der Waals surface area contributed by atoms with Crippen molar-refractivity contribution in [1.29, 1.82) is 5.26 Å². The van der Waals surface area contributed by atoms with E-state index in [0.717, 1.165) is 4.90 Å². The number of imidazole rings is 1. The summed E-state index contributed by atoms with van der Waals surface area (Å²) < 4.78 is 1.19. The SMILES string of the molecule is Cn1c(C#N)nc(Sc2ccccc2)c1[N+](=O)[O-]. The van der Waals surface area contributed by atoms with Crippen LogP contribution in [0.25, 0.3) is 0 Å². The standard InChI is InChI=1S/C11H8N4O2S/c1-14-9(7-12)13-10(11(14)15(16)17)18-8-5-3-2-4-6-8/h2-6H,1H3. The first-order chi connectivity index (χ1) is 8.63. The molecule has 0 aliphatic rings. The highest BCUT2D eigenvalue weighted by molar-refractivity contribution is 7.99. The third-order valence-electron chi connectivity index (χ3n) is 2.26. The minimum absolute atomic E-state index is 0.0279. The van der Waals surface area contributed by atoms with Gasteiger partial charge in [-0.25, -0.2) is 0 Å². The van der Waals surface area contributed by atoms with E-state index >= 15 is 0 Å². The Morgan fingerprint density at radius 2 is 2.11 bits per heavy atom. The Morgan fingerprint density at radius 3 is 2.67 bits per heavy atom. The average Bonchev–Trinajstić information content (AvgIpc) is 2.66. The second kappa shape index (κ2) is 4.89. The number of hydrogen-bond acceptors (Lipinski definition) is 5. The maximum atomic E-state index is 11.0. The molecule has 1 aromatic heterocycles. The van der Waals surface area contributed by atoms with Gasteiger partial charge in [0.1, 0.15) is 0 Å². The molecule has 0 aliphatic heterocycles. The molecule has 0 bridgehead atoms. The van der Waals surface area contributed by atoms with Gasteiger partial charge < -0.3 is 10.1 Å². The number of rotatable bonds is 3. The lowest BCUT2D eigenvalue weighted by Gasteiger charge is -1.99. The van der Waals surface area contributed by atoms with Gasteiger partial charge in [0.2, 0.25) is 0 Å². The second-order valence-electron chi connectivity index (χ2n) is 3.41. The lowest BCUT2D eigenvalue weighted by Crippen LogP contribution is -1.99. The van der Waals surface area contributed by atoms with Gasteiger partial charge >= 0.3 is 11.6 Å². The molecule has 1 aromatic carbocycles. The molecule has 0 unspecified atom stereocenters. The van der Waals surface area contributed by atoms with Gasteiger partial charge in [-0.15, -0.1) is 0 Å². The summed E-state index contributed by atoms with van der Waals surface area (Å²) in [5.41, 5.74) is 0. The fraction of sp³-hybridized carbons (Fsp3) is 0.0909. The van der Waals surface area contributed by atoms with Gasteiger partial charge in [-0.2, -0.15) is 14.8 Å².